The molecule has 7 nitrogen and oxygen atoms in total. The van der Waals surface area contributed by atoms with Crippen molar-refractivity contribution in [3.8, 4) is 23.1 Å². The van der Waals surface area contributed by atoms with Gasteiger partial charge in [0.25, 0.3) is 0 Å². The van der Waals surface area contributed by atoms with Crippen molar-refractivity contribution in [3.05, 3.63) is 65.9 Å². The monoisotopic (exact) mass is 434 g/mol. The summed E-state index contributed by atoms with van der Waals surface area (Å²) in [5.41, 5.74) is 2.63. The first-order valence-corrected chi connectivity index (χ1v) is 11.0. The molecule has 0 unspecified atom stereocenters. The Morgan fingerprint density at radius 2 is 1.78 bits per heavy atom. The lowest BCUT2D eigenvalue weighted by Gasteiger charge is -2.24. The Bertz CT molecular complexity index is 1060. The van der Waals surface area contributed by atoms with Gasteiger partial charge in [0.15, 0.2) is 0 Å². The van der Waals surface area contributed by atoms with Gasteiger partial charge in [-0.3, -0.25) is 0 Å². The maximum atomic E-state index is 12.9. The minimum atomic E-state index is -0.0511. The number of para-hydroxylation sites is 1. The molecule has 0 spiro atoms. The molecule has 1 N–H and O–H groups in total. The van der Waals surface area contributed by atoms with Crippen molar-refractivity contribution in [2.24, 2.45) is 0 Å². The first-order valence-electron chi connectivity index (χ1n) is 11.0. The van der Waals surface area contributed by atoms with Crippen molar-refractivity contribution in [3.63, 3.8) is 0 Å². The fraction of sp³-hybridized carbons (Fsp3) is 0.360. The summed E-state index contributed by atoms with van der Waals surface area (Å²) in [6, 6.07) is 17.6. The lowest BCUT2D eigenvalue weighted by atomic mass is 10.2. The fourth-order valence-corrected chi connectivity index (χ4v) is 3.58. The van der Waals surface area contributed by atoms with Crippen LogP contribution >= 0.6 is 0 Å². The molecule has 0 aliphatic heterocycles. The molecule has 1 fully saturated rings. The average Bonchev–Trinajstić information content (AvgIpc) is 3.58. The van der Waals surface area contributed by atoms with Crippen molar-refractivity contribution in [1.82, 2.24) is 20.0 Å². The second kappa shape index (κ2) is 9.34. The van der Waals surface area contributed by atoms with E-state index >= 15 is 0 Å². The summed E-state index contributed by atoms with van der Waals surface area (Å²) < 4.78 is 13.4. The van der Waals surface area contributed by atoms with Gasteiger partial charge >= 0.3 is 6.03 Å². The molecule has 0 radical (unpaired) electrons. The third-order valence-corrected chi connectivity index (χ3v) is 5.40. The normalized spacial score (nSPS) is 13.2. The molecule has 1 heterocycles. The molecular weight excluding hydrogens is 404 g/mol. The highest BCUT2D eigenvalue weighted by molar-refractivity contribution is 5.75. The van der Waals surface area contributed by atoms with Gasteiger partial charge in [-0.15, -0.1) is 0 Å². The maximum Gasteiger partial charge on any atom is 0.318 e. The highest BCUT2D eigenvalue weighted by Gasteiger charge is 2.35. The zero-order chi connectivity index (χ0) is 22.7. The molecule has 1 aliphatic carbocycles. The van der Waals surface area contributed by atoms with E-state index in [2.05, 4.69) is 5.32 Å². The number of methoxy groups -OCH3 is 1. The number of nitrogens with zero attached hydrogens (tertiary/aromatic N) is 3. The molecule has 32 heavy (non-hydrogen) atoms. The fourth-order valence-electron chi connectivity index (χ4n) is 3.58. The van der Waals surface area contributed by atoms with Gasteiger partial charge in [-0.2, -0.15) is 5.10 Å². The van der Waals surface area contributed by atoms with Crippen LogP contribution in [0.4, 0.5) is 4.79 Å². The van der Waals surface area contributed by atoms with E-state index in [4.69, 9.17) is 14.6 Å². The quantitative estimate of drug-likeness (QED) is 0.538. The highest BCUT2D eigenvalue weighted by atomic mass is 16.5. The summed E-state index contributed by atoms with van der Waals surface area (Å²) in [5, 5.41) is 7.80. The van der Waals surface area contributed by atoms with Crippen LogP contribution in [0.5, 0.6) is 17.4 Å². The third kappa shape index (κ3) is 4.88. The standard InChI is InChI=1S/C25H30N4O3/c1-17(2)26-25(30)28(19-10-11-19)16-23-18(3)27-29(20-8-6-5-7-9-20)24(23)32-22-14-12-21(31-4)13-15-22/h5-9,12-15,17,19H,10-11,16H2,1-4H3,(H,26,30). The number of carbonyl (C=O) groups is 1. The summed E-state index contributed by atoms with van der Waals surface area (Å²) in [4.78, 5) is 14.8. The Labute approximate surface area is 188 Å². The molecule has 7 heteroatoms. The van der Waals surface area contributed by atoms with Crippen LogP contribution in [0.3, 0.4) is 0 Å². The molecule has 0 atom stereocenters. The lowest BCUT2D eigenvalue weighted by molar-refractivity contribution is 0.189. The van der Waals surface area contributed by atoms with E-state index in [1.807, 2.05) is 80.3 Å². The molecule has 0 bridgehead atoms. The summed E-state index contributed by atoms with van der Waals surface area (Å²) in [6.45, 7) is 6.34. The first kappa shape index (κ1) is 21.7. The first-order chi connectivity index (χ1) is 15.5. The van der Waals surface area contributed by atoms with Gasteiger partial charge in [0, 0.05) is 12.1 Å². The van der Waals surface area contributed by atoms with Crippen molar-refractivity contribution >= 4 is 6.03 Å². The zero-order valence-electron chi connectivity index (χ0n) is 19.0. The average molecular weight is 435 g/mol. The number of benzene rings is 2. The predicted molar refractivity (Wildman–Crippen MR) is 124 cm³/mol. The van der Waals surface area contributed by atoms with Crippen molar-refractivity contribution in [2.45, 2.75) is 52.2 Å². The highest BCUT2D eigenvalue weighted by Crippen LogP contribution is 2.35. The molecule has 3 aromatic rings. The van der Waals surface area contributed by atoms with E-state index in [0.717, 1.165) is 35.5 Å². The summed E-state index contributed by atoms with van der Waals surface area (Å²) >= 11 is 0. The van der Waals surface area contributed by atoms with Crippen LogP contribution < -0.4 is 14.8 Å². The minimum Gasteiger partial charge on any atom is -0.497 e. The number of rotatable bonds is 8. The van der Waals surface area contributed by atoms with E-state index in [-0.39, 0.29) is 18.1 Å². The molecule has 1 saturated carbocycles. The number of aryl methyl sites for hydroxylation is 1. The smallest absolute Gasteiger partial charge is 0.318 e. The Balaban J connectivity index is 1.72. The van der Waals surface area contributed by atoms with Crippen LogP contribution in [0, 0.1) is 6.92 Å². The summed E-state index contributed by atoms with van der Waals surface area (Å²) in [7, 11) is 1.64. The van der Waals surface area contributed by atoms with Gasteiger partial charge in [-0.1, -0.05) is 18.2 Å². The molecule has 0 saturated heterocycles. The lowest BCUT2D eigenvalue weighted by Crippen LogP contribution is -2.43. The Morgan fingerprint density at radius 3 is 2.38 bits per heavy atom. The van der Waals surface area contributed by atoms with Crippen LogP contribution in [0.1, 0.15) is 37.9 Å². The van der Waals surface area contributed by atoms with E-state index in [1.54, 1.807) is 11.8 Å². The minimum absolute atomic E-state index is 0.0511. The zero-order valence-corrected chi connectivity index (χ0v) is 19.0. The van der Waals surface area contributed by atoms with Gasteiger partial charge in [0.1, 0.15) is 11.5 Å². The second-order valence-corrected chi connectivity index (χ2v) is 8.36. The number of nitrogens with one attached hydrogen (secondary N) is 1. The number of hydrogen-bond acceptors (Lipinski definition) is 4. The summed E-state index contributed by atoms with van der Waals surface area (Å²) in [6.07, 6.45) is 2.04. The van der Waals surface area contributed by atoms with E-state index in [0.29, 0.717) is 18.2 Å². The van der Waals surface area contributed by atoms with Crippen LogP contribution in [-0.2, 0) is 6.54 Å². The topological polar surface area (TPSA) is 68.6 Å². The van der Waals surface area contributed by atoms with Crippen molar-refractivity contribution in [2.75, 3.05) is 7.11 Å². The maximum absolute atomic E-state index is 12.9. The number of aromatic nitrogens is 2. The Hall–Kier alpha value is -3.48. The largest absolute Gasteiger partial charge is 0.497 e. The molecule has 1 aromatic heterocycles. The van der Waals surface area contributed by atoms with Crippen LogP contribution in [0.15, 0.2) is 54.6 Å². The third-order valence-electron chi connectivity index (χ3n) is 5.40. The second-order valence-electron chi connectivity index (χ2n) is 8.36. The molecule has 1 aliphatic rings. The molecule has 4 rings (SSSR count). The molecular formula is C25H30N4O3. The SMILES string of the molecule is COc1ccc(Oc2c(CN(C(=O)NC(C)C)C3CC3)c(C)nn2-c2ccccc2)cc1. The molecule has 2 aromatic carbocycles. The summed E-state index contributed by atoms with van der Waals surface area (Å²) in [5.74, 6) is 2.05. The van der Waals surface area contributed by atoms with Gasteiger partial charge in [-0.05, 0) is 70.0 Å². The number of amides is 2. The number of carbonyl (C=O) groups excluding carboxylic acids is 1. The van der Waals surface area contributed by atoms with Gasteiger partial charge in [0.05, 0.1) is 30.6 Å². The Kier molecular flexibility index (Phi) is 6.35. The number of ether oxygens (including phenoxy) is 2. The van der Waals surface area contributed by atoms with Crippen LogP contribution in [0.2, 0.25) is 0 Å². The van der Waals surface area contributed by atoms with E-state index < -0.39 is 0 Å². The van der Waals surface area contributed by atoms with Crippen LogP contribution in [0.25, 0.3) is 5.69 Å². The van der Waals surface area contributed by atoms with Gasteiger partial charge in [0.2, 0.25) is 5.88 Å². The van der Waals surface area contributed by atoms with Crippen molar-refractivity contribution < 1.29 is 14.3 Å². The molecule has 168 valence electrons. The van der Waals surface area contributed by atoms with Gasteiger partial charge in [-0.25, -0.2) is 9.48 Å². The number of urea groups is 1. The van der Waals surface area contributed by atoms with Crippen molar-refractivity contribution in [1.29, 1.82) is 0 Å². The number of hydrogen-bond donors (Lipinski definition) is 1. The van der Waals surface area contributed by atoms with E-state index in [9.17, 15) is 4.79 Å². The van der Waals surface area contributed by atoms with E-state index in [1.165, 1.54) is 0 Å². The van der Waals surface area contributed by atoms with Gasteiger partial charge < -0.3 is 19.7 Å². The van der Waals surface area contributed by atoms with Crippen LogP contribution in [-0.4, -0.2) is 39.9 Å². The molecule has 2 amide bonds. The Morgan fingerprint density at radius 1 is 1.12 bits per heavy atom. The predicted octanol–water partition coefficient (Wildman–Crippen LogP) is 5.06.